The van der Waals surface area contributed by atoms with Crippen molar-refractivity contribution in [1.82, 2.24) is 14.5 Å². The van der Waals surface area contributed by atoms with E-state index in [9.17, 15) is 9.59 Å². The van der Waals surface area contributed by atoms with E-state index < -0.39 is 11.5 Å². The molecule has 7 nitrogen and oxygen atoms in total. The van der Waals surface area contributed by atoms with E-state index in [0.29, 0.717) is 33.5 Å². The van der Waals surface area contributed by atoms with Crippen molar-refractivity contribution >= 4 is 34.1 Å². The van der Waals surface area contributed by atoms with Gasteiger partial charge >= 0.3 is 0 Å². The number of carbonyl (C=O) groups excluding carboxylic acids is 1. The molecule has 5 aromatic rings. The lowest BCUT2D eigenvalue weighted by Crippen LogP contribution is -2.27. The number of benzene rings is 2. The molecule has 34 heavy (non-hydrogen) atoms. The number of ether oxygens (including phenoxy) is 1. The Kier molecular flexibility index (Phi) is 5.76. The minimum atomic E-state index is -0.494. The monoisotopic (exact) mass is 468 g/mol. The molecule has 0 radical (unpaired) electrons. The van der Waals surface area contributed by atoms with Gasteiger partial charge in [-0.1, -0.05) is 29.8 Å². The zero-order valence-electron chi connectivity index (χ0n) is 17.7. The highest BCUT2D eigenvalue weighted by Gasteiger charge is 2.13. The molecule has 0 saturated heterocycles. The Morgan fingerprint density at radius 2 is 1.74 bits per heavy atom. The lowest BCUT2D eigenvalue weighted by atomic mass is 10.2. The number of hydrogen-bond donors (Lipinski definition) is 1. The van der Waals surface area contributed by atoms with Gasteiger partial charge in [-0.15, -0.1) is 0 Å². The number of nitrogens with one attached hydrogen (secondary N) is 1. The minimum absolute atomic E-state index is 0.0421. The third kappa shape index (κ3) is 4.37. The van der Waals surface area contributed by atoms with Crippen LogP contribution in [0.2, 0.25) is 5.15 Å². The van der Waals surface area contributed by atoms with Crippen LogP contribution in [0.5, 0.6) is 11.5 Å². The summed E-state index contributed by atoms with van der Waals surface area (Å²) >= 11 is 6.01. The summed E-state index contributed by atoms with van der Waals surface area (Å²) in [6, 6.07) is 22.6. The van der Waals surface area contributed by atoms with Gasteiger partial charge in [-0.25, -0.2) is 4.98 Å². The molecule has 1 amide bonds. The number of fused-ring (bicyclic) bond motifs is 1. The first kappa shape index (κ1) is 21.4. The molecular formula is C26H17ClN4O3. The average Bonchev–Trinajstić information content (AvgIpc) is 2.86. The highest BCUT2D eigenvalue weighted by atomic mass is 35.5. The lowest BCUT2D eigenvalue weighted by molar-refractivity contribution is 0.102. The smallest absolute Gasteiger partial charge is 0.267 e. The number of halogens is 1. The number of carbonyl (C=O) groups is 1. The van der Waals surface area contributed by atoms with E-state index in [-0.39, 0.29) is 5.56 Å². The maximum Gasteiger partial charge on any atom is 0.267 e. The first-order chi connectivity index (χ1) is 16.6. The van der Waals surface area contributed by atoms with Crippen LogP contribution in [0.3, 0.4) is 0 Å². The van der Waals surface area contributed by atoms with E-state index in [1.54, 1.807) is 73.2 Å². The van der Waals surface area contributed by atoms with E-state index in [4.69, 9.17) is 16.3 Å². The second-order valence-electron chi connectivity index (χ2n) is 7.35. The van der Waals surface area contributed by atoms with Crippen LogP contribution in [-0.4, -0.2) is 20.4 Å². The van der Waals surface area contributed by atoms with Crippen molar-refractivity contribution in [3.63, 3.8) is 0 Å². The van der Waals surface area contributed by atoms with Crippen molar-refractivity contribution in [3.8, 4) is 17.2 Å². The molecule has 0 saturated carbocycles. The van der Waals surface area contributed by atoms with E-state index in [2.05, 4.69) is 15.3 Å². The van der Waals surface area contributed by atoms with Crippen molar-refractivity contribution in [2.24, 2.45) is 0 Å². The van der Waals surface area contributed by atoms with Crippen molar-refractivity contribution in [1.29, 1.82) is 0 Å². The van der Waals surface area contributed by atoms with Crippen LogP contribution in [0, 0.1) is 0 Å². The van der Waals surface area contributed by atoms with Crippen molar-refractivity contribution in [3.05, 3.63) is 119 Å². The number of nitrogens with zero attached hydrogens (tertiary/aromatic N) is 3. The Hall–Kier alpha value is -4.49. The predicted octanol–water partition coefficient (Wildman–Crippen LogP) is 5.48. The standard InChI is InChI=1S/C26H17ClN4O3/c27-24-15-21-22(16-29-24)28-13-12-23(21)34-19-10-8-17(9-11-19)30-25(32)20-7-4-14-31(26(20)33)18-5-2-1-3-6-18/h1-16H,(H,30,32). The van der Waals surface area contributed by atoms with Gasteiger partial charge < -0.3 is 10.1 Å². The molecule has 0 aliphatic heterocycles. The van der Waals surface area contributed by atoms with E-state index in [1.165, 1.54) is 10.6 Å². The molecule has 1 N–H and O–H groups in total. The largest absolute Gasteiger partial charge is 0.457 e. The zero-order chi connectivity index (χ0) is 23.5. The Bertz CT molecular complexity index is 1550. The van der Waals surface area contributed by atoms with Crippen LogP contribution < -0.4 is 15.6 Å². The number of rotatable bonds is 5. The molecule has 0 aliphatic carbocycles. The molecule has 2 aromatic carbocycles. The Balaban J connectivity index is 1.34. The Morgan fingerprint density at radius 1 is 0.941 bits per heavy atom. The zero-order valence-corrected chi connectivity index (χ0v) is 18.4. The number of aromatic nitrogens is 3. The Morgan fingerprint density at radius 3 is 2.53 bits per heavy atom. The van der Waals surface area contributed by atoms with Gasteiger partial charge in [0.15, 0.2) is 0 Å². The molecule has 3 heterocycles. The summed E-state index contributed by atoms with van der Waals surface area (Å²) in [4.78, 5) is 33.9. The first-order valence-electron chi connectivity index (χ1n) is 10.3. The molecule has 0 fully saturated rings. The quantitative estimate of drug-likeness (QED) is 0.345. The fourth-order valence-corrected chi connectivity index (χ4v) is 3.64. The minimum Gasteiger partial charge on any atom is -0.457 e. The van der Waals surface area contributed by atoms with Crippen molar-refractivity contribution in [2.45, 2.75) is 0 Å². The molecule has 8 heteroatoms. The molecule has 5 rings (SSSR count). The third-order valence-electron chi connectivity index (χ3n) is 5.12. The molecule has 0 spiro atoms. The van der Waals surface area contributed by atoms with Crippen LogP contribution in [0.25, 0.3) is 16.6 Å². The van der Waals surface area contributed by atoms with Gasteiger partial charge in [-0.3, -0.25) is 19.1 Å². The lowest BCUT2D eigenvalue weighted by Gasteiger charge is -2.11. The van der Waals surface area contributed by atoms with E-state index in [1.807, 2.05) is 18.2 Å². The van der Waals surface area contributed by atoms with Gasteiger partial charge in [-0.2, -0.15) is 0 Å². The fraction of sp³-hybridized carbons (Fsp3) is 0. The van der Waals surface area contributed by atoms with Gasteiger partial charge in [0.25, 0.3) is 11.5 Å². The molecule has 0 unspecified atom stereocenters. The summed E-state index contributed by atoms with van der Waals surface area (Å²) in [6.45, 7) is 0. The predicted molar refractivity (Wildman–Crippen MR) is 131 cm³/mol. The summed E-state index contributed by atoms with van der Waals surface area (Å²) in [5, 5.41) is 3.84. The summed E-state index contributed by atoms with van der Waals surface area (Å²) < 4.78 is 7.42. The van der Waals surface area contributed by atoms with Gasteiger partial charge in [0.05, 0.1) is 11.7 Å². The second-order valence-corrected chi connectivity index (χ2v) is 7.73. The van der Waals surface area contributed by atoms with Gasteiger partial charge in [0.1, 0.15) is 22.2 Å². The molecule has 3 aromatic heterocycles. The first-order valence-corrected chi connectivity index (χ1v) is 10.7. The maximum absolute atomic E-state index is 12.9. The number of amides is 1. The fourth-order valence-electron chi connectivity index (χ4n) is 3.48. The normalized spacial score (nSPS) is 10.7. The van der Waals surface area contributed by atoms with Gasteiger partial charge in [0.2, 0.25) is 0 Å². The van der Waals surface area contributed by atoms with E-state index in [0.717, 1.165) is 5.39 Å². The number of anilines is 1. The van der Waals surface area contributed by atoms with Crippen LogP contribution in [-0.2, 0) is 0 Å². The number of hydrogen-bond acceptors (Lipinski definition) is 5. The van der Waals surface area contributed by atoms with E-state index >= 15 is 0 Å². The summed E-state index contributed by atoms with van der Waals surface area (Å²) in [5.41, 5.74) is 1.52. The van der Waals surface area contributed by atoms with Gasteiger partial charge in [-0.05, 0) is 60.7 Å². The topological polar surface area (TPSA) is 86.1 Å². The molecule has 0 aliphatic rings. The number of pyridine rings is 3. The highest BCUT2D eigenvalue weighted by Crippen LogP contribution is 2.30. The van der Waals surface area contributed by atoms with Crippen LogP contribution in [0.15, 0.2) is 102 Å². The summed E-state index contributed by atoms with van der Waals surface area (Å²) in [5.74, 6) is 0.646. The third-order valence-corrected chi connectivity index (χ3v) is 5.33. The maximum atomic E-state index is 12.9. The molecular weight excluding hydrogens is 452 g/mol. The Labute approximate surface area is 199 Å². The van der Waals surface area contributed by atoms with Crippen molar-refractivity contribution in [2.75, 3.05) is 5.32 Å². The van der Waals surface area contributed by atoms with Gasteiger partial charge in [0, 0.05) is 29.2 Å². The highest BCUT2D eigenvalue weighted by molar-refractivity contribution is 6.30. The number of para-hydroxylation sites is 1. The summed E-state index contributed by atoms with van der Waals surface area (Å²) in [6.07, 6.45) is 4.84. The van der Waals surface area contributed by atoms with Crippen LogP contribution in [0.4, 0.5) is 5.69 Å². The SMILES string of the molecule is O=C(Nc1ccc(Oc2ccnc3cnc(Cl)cc23)cc1)c1cccn(-c2ccccc2)c1=O. The second kappa shape index (κ2) is 9.17. The molecule has 0 atom stereocenters. The molecule has 0 bridgehead atoms. The van der Waals surface area contributed by atoms with Crippen molar-refractivity contribution < 1.29 is 9.53 Å². The molecule has 166 valence electrons. The van der Waals surface area contributed by atoms with Crippen LogP contribution >= 0.6 is 11.6 Å². The summed E-state index contributed by atoms with van der Waals surface area (Å²) in [7, 11) is 0. The average molecular weight is 469 g/mol. The van der Waals surface area contributed by atoms with Crippen LogP contribution in [0.1, 0.15) is 10.4 Å².